The number of anilines is 1. The Morgan fingerprint density at radius 2 is 2.23 bits per heavy atom. The summed E-state index contributed by atoms with van der Waals surface area (Å²) in [5, 5.41) is 2.39. The molecule has 0 aromatic heterocycles. The lowest BCUT2D eigenvalue weighted by molar-refractivity contribution is -0.149. The number of amides is 1. The maximum atomic E-state index is 12.0. The fraction of sp³-hybridized carbons (Fsp3) is 0.500. The third-order valence-corrected chi connectivity index (χ3v) is 5.04. The monoisotopic (exact) mass is 321 g/mol. The van der Waals surface area contributed by atoms with Crippen molar-refractivity contribution >= 4 is 29.3 Å². The first-order valence-corrected chi connectivity index (χ1v) is 8.44. The molecule has 6 heteroatoms. The second-order valence-corrected chi connectivity index (χ2v) is 6.71. The molecule has 0 saturated carbocycles. The predicted molar refractivity (Wildman–Crippen MR) is 83.9 cm³/mol. The largest absolute Gasteiger partial charge is 0.463 e. The van der Waals surface area contributed by atoms with Crippen LogP contribution in [0.4, 0.5) is 5.69 Å². The van der Waals surface area contributed by atoms with Crippen molar-refractivity contribution in [2.45, 2.75) is 41.9 Å². The van der Waals surface area contributed by atoms with Crippen LogP contribution in [0, 0.1) is 0 Å². The fourth-order valence-electron chi connectivity index (χ4n) is 2.56. The second-order valence-electron chi connectivity index (χ2n) is 5.47. The maximum absolute atomic E-state index is 12.0. The highest BCUT2D eigenvalue weighted by Crippen LogP contribution is 2.36. The van der Waals surface area contributed by atoms with Crippen LogP contribution < -0.4 is 5.32 Å². The first kappa shape index (κ1) is 15.4. The number of rotatable bonds is 4. The van der Waals surface area contributed by atoms with E-state index in [0.717, 1.165) is 36.5 Å². The van der Waals surface area contributed by atoms with Crippen LogP contribution in [0.1, 0.15) is 25.7 Å². The number of para-hydroxylation sites is 1. The molecule has 1 aromatic carbocycles. The van der Waals surface area contributed by atoms with Gasteiger partial charge in [0.25, 0.3) is 0 Å². The molecule has 1 amide bonds. The molecule has 1 saturated heterocycles. The van der Waals surface area contributed by atoms with Crippen LogP contribution in [0.2, 0.25) is 0 Å². The van der Waals surface area contributed by atoms with Gasteiger partial charge in [-0.25, -0.2) is 0 Å². The molecule has 5 nitrogen and oxygen atoms in total. The maximum Gasteiger partial charge on any atom is 0.307 e. The van der Waals surface area contributed by atoms with E-state index in [4.69, 9.17) is 9.47 Å². The number of nitrogens with one attached hydrogen (secondary N) is 1. The molecule has 3 rings (SSSR count). The number of ether oxygens (including phenoxy) is 2. The van der Waals surface area contributed by atoms with E-state index in [1.54, 1.807) is 0 Å². The summed E-state index contributed by atoms with van der Waals surface area (Å²) in [5.74, 6) is -0.490. The summed E-state index contributed by atoms with van der Waals surface area (Å²) in [6, 6.07) is 7.58. The average molecular weight is 321 g/mol. The van der Waals surface area contributed by atoms with Gasteiger partial charge in [-0.15, -0.1) is 11.8 Å². The molecule has 2 heterocycles. The summed E-state index contributed by atoms with van der Waals surface area (Å²) in [7, 11) is 0. The van der Waals surface area contributed by atoms with Gasteiger partial charge < -0.3 is 14.8 Å². The van der Waals surface area contributed by atoms with E-state index in [1.165, 1.54) is 11.8 Å². The molecule has 0 bridgehead atoms. The van der Waals surface area contributed by atoms with Crippen molar-refractivity contribution < 1.29 is 19.1 Å². The Balaban J connectivity index is 1.50. The van der Waals surface area contributed by atoms with Crippen molar-refractivity contribution in [2.75, 3.05) is 18.5 Å². The van der Waals surface area contributed by atoms with Crippen LogP contribution in [0.15, 0.2) is 29.2 Å². The lowest BCUT2D eigenvalue weighted by Gasteiger charge is -2.24. The van der Waals surface area contributed by atoms with Gasteiger partial charge in [0.15, 0.2) is 0 Å². The molecule has 2 aliphatic heterocycles. The van der Waals surface area contributed by atoms with Gasteiger partial charge in [-0.2, -0.15) is 0 Å². The van der Waals surface area contributed by atoms with E-state index in [1.807, 2.05) is 24.3 Å². The summed E-state index contributed by atoms with van der Waals surface area (Å²) < 4.78 is 10.8. The van der Waals surface area contributed by atoms with Gasteiger partial charge in [0.2, 0.25) is 5.91 Å². The lowest BCUT2D eigenvalue weighted by Crippen LogP contribution is -2.32. The van der Waals surface area contributed by atoms with E-state index in [0.29, 0.717) is 0 Å². The summed E-state index contributed by atoms with van der Waals surface area (Å²) in [6.07, 6.45) is 3.20. The van der Waals surface area contributed by atoms with Gasteiger partial charge >= 0.3 is 5.97 Å². The van der Waals surface area contributed by atoms with Crippen LogP contribution >= 0.6 is 11.8 Å². The van der Waals surface area contributed by atoms with E-state index in [-0.39, 0.29) is 31.0 Å². The van der Waals surface area contributed by atoms with Gasteiger partial charge in [0, 0.05) is 11.5 Å². The standard InChI is InChI=1S/C16H19NO4S/c18-15(21-10-11-5-3-4-8-20-11)9-14-16(19)17-12-6-1-2-7-13(12)22-14/h1-2,6-7,11,14H,3-5,8-10H2,(H,17,19). The highest BCUT2D eigenvalue weighted by Gasteiger charge is 2.29. The first-order valence-electron chi connectivity index (χ1n) is 7.56. The molecule has 2 unspecified atom stereocenters. The number of carbonyl (C=O) groups excluding carboxylic acids is 2. The minimum atomic E-state index is -0.435. The zero-order chi connectivity index (χ0) is 15.4. The number of fused-ring (bicyclic) bond motifs is 1. The summed E-state index contributed by atoms with van der Waals surface area (Å²) >= 11 is 1.41. The van der Waals surface area contributed by atoms with E-state index in [2.05, 4.69) is 5.32 Å². The van der Waals surface area contributed by atoms with Gasteiger partial charge in [0.1, 0.15) is 6.61 Å². The molecule has 0 aliphatic carbocycles. The molecule has 118 valence electrons. The number of hydrogen-bond acceptors (Lipinski definition) is 5. The molecule has 1 N–H and O–H groups in total. The summed E-state index contributed by atoms with van der Waals surface area (Å²) in [5.41, 5.74) is 0.803. The van der Waals surface area contributed by atoms with E-state index >= 15 is 0 Å². The SMILES string of the molecule is O=C(CC1Sc2ccccc2NC1=O)OCC1CCCCO1. The van der Waals surface area contributed by atoms with Crippen molar-refractivity contribution in [3.63, 3.8) is 0 Å². The normalized spacial score (nSPS) is 24.3. The van der Waals surface area contributed by atoms with Crippen molar-refractivity contribution in [3.05, 3.63) is 24.3 Å². The van der Waals surface area contributed by atoms with Crippen LogP contribution in [-0.2, 0) is 19.1 Å². The molecular formula is C16H19NO4S. The van der Waals surface area contributed by atoms with Gasteiger partial charge in [-0.1, -0.05) is 12.1 Å². The molecule has 2 aliphatic rings. The second kappa shape index (κ2) is 7.15. The minimum Gasteiger partial charge on any atom is -0.463 e. The molecule has 0 spiro atoms. The zero-order valence-corrected chi connectivity index (χ0v) is 13.1. The van der Waals surface area contributed by atoms with Crippen molar-refractivity contribution in [2.24, 2.45) is 0 Å². The number of hydrogen-bond donors (Lipinski definition) is 1. The number of thioether (sulfide) groups is 1. The van der Waals surface area contributed by atoms with Crippen molar-refractivity contribution in [3.8, 4) is 0 Å². The van der Waals surface area contributed by atoms with Crippen LogP contribution in [0.3, 0.4) is 0 Å². The minimum absolute atomic E-state index is 0.00580. The molecule has 1 fully saturated rings. The summed E-state index contributed by atoms with van der Waals surface area (Å²) in [4.78, 5) is 25.0. The molecule has 1 aromatic rings. The van der Waals surface area contributed by atoms with E-state index < -0.39 is 5.25 Å². The predicted octanol–water partition coefficient (Wildman–Crippen LogP) is 2.60. The number of benzene rings is 1. The smallest absolute Gasteiger partial charge is 0.307 e. The first-order chi connectivity index (χ1) is 10.7. The van der Waals surface area contributed by atoms with Crippen molar-refractivity contribution in [1.29, 1.82) is 0 Å². The molecule has 22 heavy (non-hydrogen) atoms. The zero-order valence-electron chi connectivity index (χ0n) is 12.2. The van der Waals surface area contributed by atoms with E-state index in [9.17, 15) is 9.59 Å². The average Bonchev–Trinajstić information content (AvgIpc) is 2.55. The Morgan fingerprint density at radius 3 is 3.05 bits per heavy atom. The highest BCUT2D eigenvalue weighted by atomic mass is 32.2. The number of carbonyl (C=O) groups is 2. The van der Waals surface area contributed by atoms with Gasteiger partial charge in [-0.3, -0.25) is 9.59 Å². The molecule has 2 atom stereocenters. The Bertz CT molecular complexity index is 557. The quantitative estimate of drug-likeness (QED) is 0.864. The Hall–Kier alpha value is -1.53. The van der Waals surface area contributed by atoms with Crippen LogP contribution in [0.5, 0.6) is 0 Å². The third-order valence-electron chi connectivity index (χ3n) is 3.76. The topological polar surface area (TPSA) is 64.6 Å². The van der Waals surface area contributed by atoms with Gasteiger partial charge in [0.05, 0.1) is 23.5 Å². The molecule has 0 radical (unpaired) electrons. The Labute approximate surface area is 133 Å². The Morgan fingerprint density at radius 1 is 1.36 bits per heavy atom. The number of esters is 1. The van der Waals surface area contributed by atoms with Crippen LogP contribution in [0.25, 0.3) is 0 Å². The summed E-state index contributed by atoms with van der Waals surface area (Å²) in [6.45, 7) is 1.02. The lowest BCUT2D eigenvalue weighted by atomic mass is 10.1. The fourth-order valence-corrected chi connectivity index (χ4v) is 3.66. The van der Waals surface area contributed by atoms with Crippen molar-refractivity contribution in [1.82, 2.24) is 0 Å². The Kier molecular flexibility index (Phi) is 5.00. The third kappa shape index (κ3) is 3.81. The molecular weight excluding hydrogens is 302 g/mol. The van der Waals surface area contributed by atoms with Crippen LogP contribution in [-0.4, -0.2) is 36.4 Å². The van der Waals surface area contributed by atoms with Gasteiger partial charge in [-0.05, 0) is 31.4 Å². The highest BCUT2D eigenvalue weighted by molar-refractivity contribution is 8.01.